The van der Waals surface area contributed by atoms with Crippen molar-refractivity contribution in [2.24, 2.45) is 0 Å². The lowest BCUT2D eigenvalue weighted by Crippen LogP contribution is -2.47. The smallest absolute Gasteiger partial charge is 0.266 e. The highest BCUT2D eigenvalue weighted by Crippen LogP contribution is 2.29. The molecule has 0 fully saturated rings. The molecule has 7 nitrogen and oxygen atoms in total. The van der Waals surface area contributed by atoms with Crippen LogP contribution in [0.3, 0.4) is 0 Å². The Morgan fingerprint density at radius 3 is 2.69 bits per heavy atom. The van der Waals surface area contributed by atoms with Crippen LogP contribution in [0.15, 0.2) is 48.5 Å². The molecule has 0 aromatic heterocycles. The van der Waals surface area contributed by atoms with Gasteiger partial charge >= 0.3 is 0 Å². The first-order valence-electron chi connectivity index (χ1n) is 7.70. The highest BCUT2D eigenvalue weighted by atomic mass is 32.1. The number of rotatable bonds is 3. The maximum absolute atomic E-state index is 13.5. The SMILES string of the molecule is O=C(C[C@@H]1Oc2ccccc2NC1=O)NNC(=S)Nc1ccccc1F. The molecule has 1 atom stereocenters. The highest BCUT2D eigenvalue weighted by molar-refractivity contribution is 7.80. The van der Waals surface area contributed by atoms with Crippen molar-refractivity contribution in [3.05, 3.63) is 54.3 Å². The number of halogens is 1. The quantitative estimate of drug-likeness (QED) is 0.485. The number of hydrogen-bond acceptors (Lipinski definition) is 4. The number of carbonyl (C=O) groups is 2. The van der Waals surface area contributed by atoms with E-state index in [1.807, 2.05) is 0 Å². The molecule has 2 amide bonds. The number of hydrazine groups is 1. The van der Waals surface area contributed by atoms with Crippen molar-refractivity contribution >= 4 is 40.5 Å². The third-order valence-electron chi connectivity index (χ3n) is 3.51. The normalized spacial score (nSPS) is 15.1. The molecule has 0 saturated heterocycles. The molecule has 0 radical (unpaired) electrons. The second-order valence-electron chi connectivity index (χ2n) is 5.40. The summed E-state index contributed by atoms with van der Waals surface area (Å²) in [5.41, 5.74) is 5.52. The second-order valence-corrected chi connectivity index (χ2v) is 5.81. The summed E-state index contributed by atoms with van der Waals surface area (Å²) in [4.78, 5) is 24.0. The van der Waals surface area contributed by atoms with Gasteiger partial charge in [-0.1, -0.05) is 24.3 Å². The van der Waals surface area contributed by atoms with Gasteiger partial charge < -0.3 is 15.4 Å². The summed E-state index contributed by atoms with van der Waals surface area (Å²) < 4.78 is 19.1. The minimum Gasteiger partial charge on any atom is -0.478 e. The molecule has 0 saturated carbocycles. The predicted molar refractivity (Wildman–Crippen MR) is 98.0 cm³/mol. The highest BCUT2D eigenvalue weighted by Gasteiger charge is 2.29. The van der Waals surface area contributed by atoms with Crippen molar-refractivity contribution in [2.75, 3.05) is 10.6 Å². The van der Waals surface area contributed by atoms with E-state index in [2.05, 4.69) is 21.5 Å². The molecular weight excluding hydrogens is 359 g/mol. The van der Waals surface area contributed by atoms with Crippen molar-refractivity contribution < 1.29 is 18.7 Å². The van der Waals surface area contributed by atoms with Crippen LogP contribution < -0.4 is 26.2 Å². The molecule has 1 aliphatic rings. The first-order valence-corrected chi connectivity index (χ1v) is 8.10. The molecule has 3 rings (SSSR count). The third-order valence-corrected chi connectivity index (χ3v) is 3.72. The molecule has 4 N–H and O–H groups in total. The molecule has 2 aromatic carbocycles. The Morgan fingerprint density at radius 2 is 1.88 bits per heavy atom. The zero-order valence-corrected chi connectivity index (χ0v) is 14.2. The van der Waals surface area contributed by atoms with E-state index in [-0.39, 0.29) is 17.2 Å². The molecule has 9 heteroatoms. The topological polar surface area (TPSA) is 91.5 Å². The van der Waals surface area contributed by atoms with Crippen molar-refractivity contribution in [1.29, 1.82) is 0 Å². The van der Waals surface area contributed by atoms with E-state index in [0.29, 0.717) is 11.4 Å². The van der Waals surface area contributed by atoms with Gasteiger partial charge in [-0.2, -0.15) is 0 Å². The van der Waals surface area contributed by atoms with E-state index in [0.717, 1.165) is 0 Å². The Balaban J connectivity index is 1.49. The van der Waals surface area contributed by atoms with Crippen LogP contribution in [0, 0.1) is 5.82 Å². The van der Waals surface area contributed by atoms with E-state index in [1.54, 1.807) is 36.4 Å². The molecule has 0 aliphatic carbocycles. The van der Waals surface area contributed by atoms with Crippen LogP contribution in [0.25, 0.3) is 0 Å². The van der Waals surface area contributed by atoms with Gasteiger partial charge in [0.25, 0.3) is 5.91 Å². The monoisotopic (exact) mass is 374 g/mol. The molecule has 0 unspecified atom stereocenters. The Kier molecular flexibility index (Phi) is 5.28. The van der Waals surface area contributed by atoms with E-state index < -0.39 is 23.7 Å². The Morgan fingerprint density at radius 1 is 1.15 bits per heavy atom. The number of para-hydroxylation sites is 3. The lowest BCUT2D eigenvalue weighted by molar-refractivity contribution is -0.130. The maximum atomic E-state index is 13.5. The number of benzene rings is 2. The van der Waals surface area contributed by atoms with Gasteiger partial charge in [-0.3, -0.25) is 20.4 Å². The van der Waals surface area contributed by atoms with Crippen molar-refractivity contribution in [2.45, 2.75) is 12.5 Å². The first-order chi connectivity index (χ1) is 12.5. The van der Waals surface area contributed by atoms with Gasteiger partial charge in [0.15, 0.2) is 11.2 Å². The molecular formula is C17H15FN4O3S. The Bertz CT molecular complexity index is 861. The van der Waals surface area contributed by atoms with Crippen LogP contribution in [0.4, 0.5) is 15.8 Å². The summed E-state index contributed by atoms with van der Waals surface area (Å²) in [5, 5.41) is 5.29. The minimum absolute atomic E-state index is 0.00260. The molecule has 26 heavy (non-hydrogen) atoms. The van der Waals surface area contributed by atoms with Crippen LogP contribution in [0.5, 0.6) is 5.75 Å². The number of ether oxygens (including phenoxy) is 1. The van der Waals surface area contributed by atoms with E-state index in [9.17, 15) is 14.0 Å². The summed E-state index contributed by atoms with van der Waals surface area (Å²) in [6, 6.07) is 12.9. The van der Waals surface area contributed by atoms with Gasteiger partial charge in [-0.25, -0.2) is 4.39 Å². The third kappa shape index (κ3) is 4.25. The molecule has 1 heterocycles. The average Bonchev–Trinajstić information content (AvgIpc) is 2.62. The van der Waals surface area contributed by atoms with Gasteiger partial charge in [0.2, 0.25) is 5.91 Å². The standard InChI is InChI=1S/C17H15FN4O3S/c18-10-5-1-2-6-11(10)20-17(26)22-21-15(23)9-14-16(24)19-12-7-3-4-8-13(12)25-14/h1-8,14H,9H2,(H,19,24)(H,21,23)(H2,20,22,26)/t14-/m0/s1. The fourth-order valence-corrected chi connectivity index (χ4v) is 2.45. The van der Waals surface area contributed by atoms with Crippen LogP contribution >= 0.6 is 12.2 Å². The van der Waals surface area contributed by atoms with E-state index in [1.165, 1.54) is 12.1 Å². The molecule has 0 spiro atoms. The average molecular weight is 374 g/mol. The van der Waals surface area contributed by atoms with Crippen molar-refractivity contribution in [1.82, 2.24) is 10.9 Å². The van der Waals surface area contributed by atoms with Gasteiger partial charge in [0.1, 0.15) is 11.6 Å². The zero-order valence-electron chi connectivity index (χ0n) is 13.4. The fraction of sp³-hybridized carbons (Fsp3) is 0.118. The van der Waals surface area contributed by atoms with E-state index >= 15 is 0 Å². The number of anilines is 2. The summed E-state index contributed by atoms with van der Waals surface area (Å²) in [7, 11) is 0. The number of amides is 2. The summed E-state index contributed by atoms with van der Waals surface area (Å²) in [5.74, 6) is -0.906. The molecule has 134 valence electrons. The van der Waals surface area contributed by atoms with E-state index in [4.69, 9.17) is 17.0 Å². The van der Waals surface area contributed by atoms with Gasteiger partial charge in [0.05, 0.1) is 17.8 Å². The summed E-state index contributed by atoms with van der Waals surface area (Å²) >= 11 is 4.98. The number of thiocarbonyl (C=S) groups is 1. The molecule has 2 aromatic rings. The lowest BCUT2D eigenvalue weighted by Gasteiger charge is -2.25. The van der Waals surface area contributed by atoms with Gasteiger partial charge in [0, 0.05) is 0 Å². The van der Waals surface area contributed by atoms with Crippen LogP contribution in [-0.2, 0) is 9.59 Å². The Labute approximate surface area is 153 Å². The largest absolute Gasteiger partial charge is 0.478 e. The van der Waals surface area contributed by atoms with Crippen LogP contribution in [0.1, 0.15) is 6.42 Å². The summed E-state index contributed by atoms with van der Waals surface area (Å²) in [6.45, 7) is 0. The molecule has 0 bridgehead atoms. The number of fused-ring (bicyclic) bond motifs is 1. The Hall–Kier alpha value is -3.20. The predicted octanol–water partition coefficient (Wildman–Crippen LogP) is 1.93. The number of carbonyl (C=O) groups excluding carboxylic acids is 2. The minimum atomic E-state index is -0.959. The van der Waals surface area contributed by atoms with Gasteiger partial charge in [-0.05, 0) is 36.5 Å². The first kappa shape index (κ1) is 17.6. The number of hydrogen-bond donors (Lipinski definition) is 4. The fourth-order valence-electron chi connectivity index (χ4n) is 2.29. The van der Waals surface area contributed by atoms with Gasteiger partial charge in [-0.15, -0.1) is 0 Å². The van der Waals surface area contributed by atoms with Crippen LogP contribution in [0.2, 0.25) is 0 Å². The lowest BCUT2D eigenvalue weighted by atomic mass is 10.1. The number of nitrogens with one attached hydrogen (secondary N) is 4. The van der Waals surface area contributed by atoms with Crippen molar-refractivity contribution in [3.8, 4) is 5.75 Å². The summed E-state index contributed by atoms with van der Waals surface area (Å²) in [6.07, 6.45) is -1.17. The second kappa shape index (κ2) is 7.79. The zero-order chi connectivity index (χ0) is 18.5. The van der Waals surface area contributed by atoms with Crippen LogP contribution in [-0.4, -0.2) is 23.0 Å². The molecule has 1 aliphatic heterocycles. The maximum Gasteiger partial charge on any atom is 0.266 e. The van der Waals surface area contributed by atoms with Crippen molar-refractivity contribution in [3.63, 3.8) is 0 Å².